The van der Waals surface area contributed by atoms with Crippen molar-refractivity contribution in [3.05, 3.63) is 122 Å². The number of hydrogen-bond donors (Lipinski definition) is 0. The van der Waals surface area contributed by atoms with Gasteiger partial charge in [-0.2, -0.15) is 0 Å². The normalized spacial score (nSPS) is 14.2. The van der Waals surface area contributed by atoms with Crippen LogP contribution in [0.2, 0.25) is 0 Å². The molecule has 2 unspecified atom stereocenters. The van der Waals surface area contributed by atoms with Gasteiger partial charge in [-0.15, -0.1) is 0 Å². The Morgan fingerprint density at radius 1 is 0.432 bits per heavy atom. The third-order valence-corrected chi connectivity index (χ3v) is 13.0. The van der Waals surface area contributed by atoms with Gasteiger partial charge in [0.15, 0.2) is 6.10 Å². The molecule has 0 rings (SSSR count). The molecule has 0 aromatic rings. The molecule has 422 valence electrons. The number of phosphoric ester groups is 1. The van der Waals surface area contributed by atoms with Gasteiger partial charge in [-0.3, -0.25) is 14.2 Å². The molecule has 2 atom stereocenters. The number of quaternary nitrogens is 1. The van der Waals surface area contributed by atoms with Gasteiger partial charge in [0.05, 0.1) is 27.7 Å². The molecule has 0 spiro atoms. The van der Waals surface area contributed by atoms with Gasteiger partial charge in [0.25, 0.3) is 7.82 Å². The third kappa shape index (κ3) is 57.7. The summed E-state index contributed by atoms with van der Waals surface area (Å²) in [6.45, 7) is 4.09. The van der Waals surface area contributed by atoms with Crippen LogP contribution in [0.5, 0.6) is 0 Å². The SMILES string of the molecule is CC/C=C\C/C=C\C/C=C\C/C=C\C/C=C\C/C=C\C/C=C\C/C=C\C/C=C\C/C=C\CCCCCCC(=O)OC(COC(=O)CCCCCCCCCCCCCCCCC)COP(=O)([O-])OCC[N+](C)(C)C. The summed E-state index contributed by atoms with van der Waals surface area (Å²) in [5.41, 5.74) is 0. The van der Waals surface area contributed by atoms with Crippen LogP contribution in [0, 0.1) is 0 Å². The first-order chi connectivity index (χ1) is 36.0. The summed E-state index contributed by atoms with van der Waals surface area (Å²) in [6, 6.07) is 0. The minimum absolute atomic E-state index is 0.0413. The second-order valence-electron chi connectivity index (χ2n) is 20.3. The summed E-state index contributed by atoms with van der Waals surface area (Å²) >= 11 is 0. The fourth-order valence-corrected chi connectivity index (χ4v) is 8.24. The number of allylic oxidation sites excluding steroid dienone is 20. The Bertz CT molecular complexity index is 1660. The van der Waals surface area contributed by atoms with E-state index in [0.29, 0.717) is 17.4 Å². The topological polar surface area (TPSA) is 111 Å². The van der Waals surface area contributed by atoms with E-state index >= 15 is 0 Å². The number of likely N-dealkylation sites (N-methyl/N-ethyl adjacent to an activating group) is 1. The summed E-state index contributed by atoms with van der Waals surface area (Å²) < 4.78 is 34.1. The highest BCUT2D eigenvalue weighted by Crippen LogP contribution is 2.38. The zero-order valence-electron chi connectivity index (χ0n) is 47.7. The molecule has 0 heterocycles. The molecule has 0 saturated heterocycles. The largest absolute Gasteiger partial charge is 0.756 e. The van der Waals surface area contributed by atoms with E-state index in [1.165, 1.54) is 77.0 Å². The van der Waals surface area contributed by atoms with Crippen molar-refractivity contribution in [3.63, 3.8) is 0 Å². The molecule has 0 radical (unpaired) electrons. The number of rotatable bonds is 52. The van der Waals surface area contributed by atoms with Gasteiger partial charge >= 0.3 is 11.9 Å². The molecule has 74 heavy (non-hydrogen) atoms. The Balaban J connectivity index is 4.23. The van der Waals surface area contributed by atoms with Crippen molar-refractivity contribution in [2.75, 3.05) is 47.5 Å². The third-order valence-electron chi connectivity index (χ3n) is 12.0. The van der Waals surface area contributed by atoms with E-state index in [4.69, 9.17) is 18.5 Å². The Morgan fingerprint density at radius 2 is 0.770 bits per heavy atom. The van der Waals surface area contributed by atoms with E-state index < -0.39 is 32.5 Å². The predicted octanol–water partition coefficient (Wildman–Crippen LogP) is 17.7. The van der Waals surface area contributed by atoms with Crippen LogP contribution in [0.1, 0.15) is 219 Å². The second kappa shape index (κ2) is 54.2. The molecule has 0 fully saturated rings. The molecule has 0 aliphatic heterocycles. The molecule has 0 aliphatic rings. The maximum Gasteiger partial charge on any atom is 0.306 e. The molecular formula is C64H108NO8P. The predicted molar refractivity (Wildman–Crippen MR) is 314 cm³/mol. The van der Waals surface area contributed by atoms with E-state index in [9.17, 15) is 19.0 Å². The monoisotopic (exact) mass is 1050 g/mol. The molecule has 10 heteroatoms. The molecule has 0 bridgehead atoms. The van der Waals surface area contributed by atoms with Crippen LogP contribution in [0.4, 0.5) is 0 Å². The van der Waals surface area contributed by atoms with E-state index in [-0.39, 0.29) is 26.1 Å². The Morgan fingerprint density at radius 3 is 1.15 bits per heavy atom. The first-order valence-electron chi connectivity index (χ1n) is 29.2. The lowest BCUT2D eigenvalue weighted by Gasteiger charge is -2.28. The quantitative estimate of drug-likeness (QED) is 0.0195. The van der Waals surface area contributed by atoms with Gasteiger partial charge in [0.1, 0.15) is 19.8 Å². The number of unbranched alkanes of at least 4 members (excludes halogenated alkanes) is 18. The fraction of sp³-hybridized carbons (Fsp3) is 0.656. The zero-order valence-corrected chi connectivity index (χ0v) is 48.6. The number of phosphoric acid groups is 1. The number of carbonyl (C=O) groups is 2. The van der Waals surface area contributed by atoms with E-state index in [1.54, 1.807) is 0 Å². The van der Waals surface area contributed by atoms with Crippen molar-refractivity contribution in [2.45, 2.75) is 225 Å². The summed E-state index contributed by atoms with van der Waals surface area (Å²) in [5.74, 6) is -0.867. The van der Waals surface area contributed by atoms with E-state index in [2.05, 4.69) is 135 Å². The Kier molecular flexibility index (Phi) is 51.6. The van der Waals surface area contributed by atoms with Crippen LogP contribution in [-0.4, -0.2) is 70.0 Å². The highest BCUT2D eigenvalue weighted by atomic mass is 31.2. The van der Waals surface area contributed by atoms with Gasteiger partial charge < -0.3 is 27.9 Å². The summed E-state index contributed by atoms with van der Waals surface area (Å²) in [7, 11) is 1.14. The number of carbonyl (C=O) groups excluding carboxylic acids is 2. The van der Waals surface area contributed by atoms with Crippen LogP contribution in [0.25, 0.3) is 0 Å². The van der Waals surface area contributed by atoms with Gasteiger partial charge in [-0.05, 0) is 89.9 Å². The summed E-state index contributed by atoms with van der Waals surface area (Å²) in [5, 5.41) is 0. The van der Waals surface area contributed by atoms with Crippen molar-refractivity contribution >= 4 is 19.8 Å². The first-order valence-corrected chi connectivity index (χ1v) is 30.7. The molecule has 9 nitrogen and oxygen atoms in total. The average molecular weight is 1050 g/mol. The highest BCUT2D eigenvalue weighted by molar-refractivity contribution is 7.45. The van der Waals surface area contributed by atoms with Crippen molar-refractivity contribution in [1.82, 2.24) is 0 Å². The molecule has 0 aromatic heterocycles. The van der Waals surface area contributed by atoms with Crippen LogP contribution in [-0.2, 0) is 32.7 Å². The van der Waals surface area contributed by atoms with E-state index in [1.807, 2.05) is 21.1 Å². The van der Waals surface area contributed by atoms with Crippen molar-refractivity contribution in [2.24, 2.45) is 0 Å². The molecule has 0 aliphatic carbocycles. The molecule has 0 aromatic carbocycles. The van der Waals surface area contributed by atoms with E-state index in [0.717, 1.165) is 109 Å². The second-order valence-corrected chi connectivity index (χ2v) is 21.7. The van der Waals surface area contributed by atoms with Crippen LogP contribution in [0.3, 0.4) is 0 Å². The number of nitrogens with zero attached hydrogens (tertiary/aromatic N) is 1. The number of ether oxygens (including phenoxy) is 2. The molecule has 0 saturated carbocycles. The number of esters is 2. The van der Waals surface area contributed by atoms with Crippen molar-refractivity contribution in [3.8, 4) is 0 Å². The van der Waals surface area contributed by atoms with Gasteiger partial charge in [-0.25, -0.2) is 0 Å². The lowest BCUT2D eigenvalue weighted by atomic mass is 10.0. The molecule has 0 N–H and O–H groups in total. The van der Waals surface area contributed by atoms with Crippen molar-refractivity contribution in [1.29, 1.82) is 0 Å². The average Bonchev–Trinajstić information content (AvgIpc) is 3.36. The molecule has 0 amide bonds. The number of hydrogen-bond acceptors (Lipinski definition) is 8. The van der Waals surface area contributed by atoms with Gasteiger partial charge in [-0.1, -0.05) is 238 Å². The zero-order chi connectivity index (χ0) is 54.2. The minimum Gasteiger partial charge on any atom is -0.756 e. The summed E-state index contributed by atoms with van der Waals surface area (Å²) in [6.07, 6.45) is 76.7. The van der Waals surface area contributed by atoms with Crippen LogP contribution < -0.4 is 4.89 Å². The van der Waals surface area contributed by atoms with Crippen molar-refractivity contribution < 1.29 is 42.1 Å². The lowest BCUT2D eigenvalue weighted by molar-refractivity contribution is -0.870. The lowest BCUT2D eigenvalue weighted by Crippen LogP contribution is -2.37. The maximum absolute atomic E-state index is 12.8. The Hall–Kier alpha value is -3.59. The van der Waals surface area contributed by atoms with Crippen LogP contribution >= 0.6 is 7.82 Å². The maximum atomic E-state index is 12.8. The fourth-order valence-electron chi connectivity index (χ4n) is 7.51. The van der Waals surface area contributed by atoms with Gasteiger partial charge in [0, 0.05) is 12.8 Å². The standard InChI is InChI=1S/C64H108NO8P/c1-6-8-10-12-14-16-18-20-22-23-24-25-26-27-28-29-30-31-32-33-34-35-36-37-38-39-40-41-43-45-47-49-51-53-55-57-64(67)73-62(61-72-74(68,69)71-59-58-65(3,4)5)60-70-63(66)56-54-52-50-48-46-44-42-21-19-17-15-13-11-9-7-2/h8,10,14,16,20,22,24-25,27-28,30-31,33-34,36-37,39-40,43,45,62H,6-7,9,11-13,15,17-19,21,23,26,29,32,35,38,41-42,44,46-61H2,1-5H3/b10-8-,16-14-,22-20-,25-24-,28-27-,31-30-,34-33-,37-36-,40-39-,45-43-. The Labute approximate surface area is 454 Å². The first kappa shape index (κ1) is 70.4. The van der Waals surface area contributed by atoms with Gasteiger partial charge in [0.2, 0.25) is 0 Å². The highest BCUT2D eigenvalue weighted by Gasteiger charge is 2.21. The minimum atomic E-state index is -4.65. The smallest absolute Gasteiger partial charge is 0.306 e. The van der Waals surface area contributed by atoms with Crippen LogP contribution in [0.15, 0.2) is 122 Å². The molecular weight excluding hydrogens is 942 g/mol. The summed E-state index contributed by atoms with van der Waals surface area (Å²) in [4.78, 5) is 37.8.